The maximum atomic E-state index is 13.4. The number of nitrogens with two attached hydrogens (primary N) is 1. The van der Waals surface area contributed by atoms with Gasteiger partial charge in [-0.2, -0.15) is 0 Å². The van der Waals surface area contributed by atoms with Crippen LogP contribution >= 0.6 is 11.3 Å². The summed E-state index contributed by atoms with van der Waals surface area (Å²) in [5.41, 5.74) is 7.40. The van der Waals surface area contributed by atoms with Crippen LogP contribution in [0.4, 0.5) is 0 Å². The highest BCUT2D eigenvalue weighted by atomic mass is 32.1. The Bertz CT molecular complexity index is 1330. The number of amides is 3. The second-order valence-corrected chi connectivity index (χ2v) is 10.4. The summed E-state index contributed by atoms with van der Waals surface area (Å²) in [6.07, 6.45) is 3.23. The molecule has 1 aliphatic heterocycles. The topological polar surface area (TPSA) is 146 Å². The van der Waals surface area contributed by atoms with Crippen molar-refractivity contribution in [2.45, 2.75) is 51.1 Å². The highest BCUT2D eigenvalue weighted by Crippen LogP contribution is 2.27. The molecule has 6 N–H and O–H groups in total. The lowest BCUT2D eigenvalue weighted by molar-refractivity contribution is -0.132. The van der Waals surface area contributed by atoms with Gasteiger partial charge in [0, 0.05) is 27.8 Å². The third-order valence-electron chi connectivity index (χ3n) is 6.43. The predicted molar refractivity (Wildman–Crippen MR) is 151 cm³/mol. The van der Waals surface area contributed by atoms with Gasteiger partial charge in [-0.1, -0.05) is 31.5 Å². The number of rotatable bonds is 11. The summed E-state index contributed by atoms with van der Waals surface area (Å²) < 4.78 is 6.04. The molecular weight excluding hydrogens is 514 g/mol. The first-order chi connectivity index (χ1) is 18.8. The fourth-order valence-electron chi connectivity index (χ4n) is 4.39. The lowest BCUT2D eigenvalue weighted by Gasteiger charge is -2.19. The second kappa shape index (κ2) is 13.2. The van der Waals surface area contributed by atoms with E-state index in [9.17, 15) is 14.4 Å². The van der Waals surface area contributed by atoms with Crippen molar-refractivity contribution in [1.82, 2.24) is 16.0 Å². The first-order valence-electron chi connectivity index (χ1n) is 13.0. The summed E-state index contributed by atoms with van der Waals surface area (Å²) in [7, 11) is 0. The summed E-state index contributed by atoms with van der Waals surface area (Å²) in [5, 5.41) is 17.7. The molecular formula is C29H33N5O4S. The molecule has 39 heavy (non-hydrogen) atoms. The van der Waals surface area contributed by atoms with Crippen molar-refractivity contribution in [2.75, 3.05) is 6.54 Å². The largest absolute Gasteiger partial charge is 0.457 e. The van der Waals surface area contributed by atoms with Crippen LogP contribution in [0, 0.1) is 5.41 Å². The van der Waals surface area contributed by atoms with E-state index in [2.05, 4.69) is 16.0 Å². The molecule has 0 unspecified atom stereocenters. The zero-order valence-corrected chi connectivity index (χ0v) is 22.6. The second-order valence-electron chi connectivity index (χ2n) is 9.44. The van der Waals surface area contributed by atoms with Crippen molar-refractivity contribution in [3.05, 3.63) is 81.5 Å². The third-order valence-corrected chi connectivity index (χ3v) is 7.39. The lowest BCUT2D eigenvalue weighted by Crippen LogP contribution is -2.52. The molecule has 1 aliphatic rings. The van der Waals surface area contributed by atoms with Gasteiger partial charge >= 0.3 is 0 Å². The van der Waals surface area contributed by atoms with Crippen LogP contribution in [-0.4, -0.2) is 42.2 Å². The normalized spacial score (nSPS) is 15.4. The number of thiophene rings is 1. The van der Waals surface area contributed by atoms with Crippen LogP contribution in [0.15, 0.2) is 60.0 Å². The lowest BCUT2D eigenvalue weighted by atomic mass is 10.0. The van der Waals surface area contributed by atoms with Gasteiger partial charge in [-0.15, -0.1) is 11.3 Å². The molecule has 1 saturated heterocycles. The SMILES string of the molecule is CCCc1cc(C(=O)N[C@@H](Cc2cc(C(=N)N)cs2)C(=O)NC(=O)[C@@H]2CCCN2)ccc1Oc1ccccc1. The average molecular weight is 548 g/mol. The molecule has 0 saturated carbocycles. The summed E-state index contributed by atoms with van der Waals surface area (Å²) in [6, 6.07) is 14.9. The fraction of sp³-hybridized carbons (Fsp3) is 0.310. The number of carbonyl (C=O) groups excluding carboxylic acids is 3. The number of carbonyl (C=O) groups is 3. The molecule has 1 fully saturated rings. The summed E-state index contributed by atoms with van der Waals surface area (Å²) in [6.45, 7) is 2.77. The quantitative estimate of drug-likeness (QED) is 0.183. The number of aryl methyl sites for hydroxylation is 1. The number of benzene rings is 2. The molecule has 3 amide bonds. The van der Waals surface area contributed by atoms with Crippen molar-refractivity contribution < 1.29 is 19.1 Å². The zero-order chi connectivity index (χ0) is 27.8. The van der Waals surface area contributed by atoms with Crippen LogP contribution in [0.1, 0.15) is 52.5 Å². The number of imide groups is 1. The Labute approximate surface area is 231 Å². The highest BCUT2D eigenvalue weighted by Gasteiger charge is 2.29. The first kappa shape index (κ1) is 28.0. The molecule has 0 radical (unpaired) electrons. The Morgan fingerprint density at radius 2 is 1.95 bits per heavy atom. The van der Waals surface area contributed by atoms with E-state index in [0.717, 1.165) is 29.8 Å². The van der Waals surface area contributed by atoms with Crippen molar-refractivity contribution in [1.29, 1.82) is 5.41 Å². The molecule has 0 spiro atoms. The molecule has 0 bridgehead atoms. The number of nitrogens with one attached hydrogen (secondary N) is 4. The minimum atomic E-state index is -1.00. The average Bonchev–Trinajstić information content (AvgIpc) is 3.63. The van der Waals surface area contributed by atoms with Gasteiger partial charge in [0.25, 0.3) is 5.91 Å². The minimum absolute atomic E-state index is 0.0775. The maximum Gasteiger partial charge on any atom is 0.251 e. The molecule has 0 aliphatic carbocycles. The first-order valence-corrected chi connectivity index (χ1v) is 13.9. The van der Waals surface area contributed by atoms with Gasteiger partial charge in [-0.05, 0) is 67.8 Å². The predicted octanol–water partition coefficient (Wildman–Crippen LogP) is 3.51. The Hall–Kier alpha value is -4.02. The van der Waals surface area contributed by atoms with Crippen LogP contribution in [0.5, 0.6) is 11.5 Å². The van der Waals surface area contributed by atoms with Crippen molar-refractivity contribution in [3.8, 4) is 11.5 Å². The number of nitrogen functional groups attached to an aromatic ring is 1. The van der Waals surface area contributed by atoms with Gasteiger partial charge in [0.1, 0.15) is 23.4 Å². The van der Waals surface area contributed by atoms with Crippen LogP contribution in [0.3, 0.4) is 0 Å². The summed E-state index contributed by atoms with van der Waals surface area (Å²) >= 11 is 1.34. The molecule has 2 atom stereocenters. The van der Waals surface area contributed by atoms with E-state index < -0.39 is 29.8 Å². The molecule has 4 rings (SSSR count). The van der Waals surface area contributed by atoms with E-state index in [1.54, 1.807) is 29.6 Å². The van der Waals surface area contributed by atoms with E-state index in [1.807, 2.05) is 37.3 Å². The van der Waals surface area contributed by atoms with Crippen molar-refractivity contribution in [2.24, 2.45) is 5.73 Å². The van der Waals surface area contributed by atoms with Crippen LogP contribution in [0.2, 0.25) is 0 Å². The maximum absolute atomic E-state index is 13.4. The molecule has 10 heteroatoms. The smallest absolute Gasteiger partial charge is 0.251 e. The van der Waals surface area contributed by atoms with Crippen molar-refractivity contribution >= 4 is 34.9 Å². The fourth-order valence-corrected chi connectivity index (χ4v) is 5.32. The van der Waals surface area contributed by atoms with E-state index >= 15 is 0 Å². The molecule has 204 valence electrons. The van der Waals surface area contributed by atoms with E-state index in [4.69, 9.17) is 15.9 Å². The van der Waals surface area contributed by atoms with Gasteiger partial charge in [0.2, 0.25) is 11.8 Å². The van der Waals surface area contributed by atoms with Crippen LogP contribution < -0.4 is 26.4 Å². The molecule has 1 aromatic heterocycles. The monoisotopic (exact) mass is 547 g/mol. The van der Waals surface area contributed by atoms with E-state index in [-0.39, 0.29) is 12.3 Å². The van der Waals surface area contributed by atoms with Crippen molar-refractivity contribution in [3.63, 3.8) is 0 Å². The third kappa shape index (κ3) is 7.52. The van der Waals surface area contributed by atoms with Crippen LogP contribution in [-0.2, 0) is 22.4 Å². The van der Waals surface area contributed by atoms with E-state index in [1.165, 1.54) is 11.3 Å². The molecule has 2 aromatic carbocycles. The van der Waals surface area contributed by atoms with Gasteiger partial charge in [-0.25, -0.2) is 0 Å². The van der Waals surface area contributed by atoms with Gasteiger partial charge < -0.3 is 21.1 Å². The molecule has 3 aromatic rings. The summed E-state index contributed by atoms with van der Waals surface area (Å²) in [4.78, 5) is 39.9. The van der Waals surface area contributed by atoms with Gasteiger partial charge in [-0.3, -0.25) is 25.1 Å². The van der Waals surface area contributed by atoms with Gasteiger partial charge in [0.15, 0.2) is 0 Å². The Kier molecular flexibility index (Phi) is 9.45. The van der Waals surface area contributed by atoms with Gasteiger partial charge in [0.05, 0.1) is 6.04 Å². The number of ether oxygens (including phenoxy) is 1. The molecule has 9 nitrogen and oxygen atoms in total. The Morgan fingerprint density at radius 3 is 2.62 bits per heavy atom. The number of para-hydroxylation sites is 1. The number of amidine groups is 1. The van der Waals surface area contributed by atoms with Crippen LogP contribution in [0.25, 0.3) is 0 Å². The Morgan fingerprint density at radius 1 is 1.15 bits per heavy atom. The minimum Gasteiger partial charge on any atom is -0.457 e. The summed E-state index contributed by atoms with van der Waals surface area (Å²) in [5.74, 6) is -0.137. The zero-order valence-electron chi connectivity index (χ0n) is 21.8. The number of hydrogen-bond acceptors (Lipinski definition) is 7. The standard InChI is InChI=1S/C29H33N5O4S/c1-2-7-18-14-19(11-12-25(18)38-21-8-4-3-5-9-21)27(35)33-24(16-22-15-20(17-39-22)26(30)31)29(37)34-28(36)23-10-6-13-32-23/h3-5,8-9,11-12,14-15,17,23-24,32H,2,6-7,10,13,16H2,1H3,(H3,30,31)(H,33,35)(H,34,36,37)/t23-,24-/m0/s1. The highest BCUT2D eigenvalue weighted by molar-refractivity contribution is 7.10. The Balaban J connectivity index is 1.53. The molecule has 2 heterocycles. The number of hydrogen-bond donors (Lipinski definition) is 5. The van der Waals surface area contributed by atoms with E-state index in [0.29, 0.717) is 35.5 Å².